The summed E-state index contributed by atoms with van der Waals surface area (Å²) in [5.74, 6) is -1.65. The van der Waals surface area contributed by atoms with E-state index in [9.17, 15) is 13.6 Å². The number of rotatable bonds is 8. The minimum atomic E-state index is -0.802. The summed E-state index contributed by atoms with van der Waals surface area (Å²) < 4.78 is 34.3. The Balaban J connectivity index is 1.58. The second kappa shape index (κ2) is 10.7. The fraction of sp³-hybridized carbons (Fsp3) is 0.308. The smallest absolute Gasteiger partial charge is 0.254 e. The van der Waals surface area contributed by atoms with Crippen LogP contribution in [0.5, 0.6) is 11.5 Å². The fourth-order valence-electron chi connectivity index (χ4n) is 4.32. The highest BCUT2D eigenvalue weighted by Crippen LogP contribution is 2.33. The maximum Gasteiger partial charge on any atom is 0.254 e. The monoisotopic (exact) mass is 481 g/mol. The van der Waals surface area contributed by atoms with Crippen LogP contribution in [-0.4, -0.2) is 40.2 Å². The number of nitrogen functional groups attached to an aromatic ring is 1. The summed E-state index contributed by atoms with van der Waals surface area (Å²) in [5.41, 5.74) is 13.2. The van der Waals surface area contributed by atoms with E-state index in [0.717, 1.165) is 51.0 Å². The fourth-order valence-corrected chi connectivity index (χ4v) is 4.32. The lowest BCUT2D eigenvalue weighted by Crippen LogP contribution is -2.37. The molecule has 1 amide bonds. The van der Waals surface area contributed by atoms with Gasteiger partial charge in [0.25, 0.3) is 5.91 Å². The highest BCUT2D eigenvalue weighted by atomic mass is 19.1. The molecule has 0 unspecified atom stereocenters. The summed E-state index contributed by atoms with van der Waals surface area (Å²) in [6.07, 6.45) is 7.20. The normalized spacial score (nSPS) is 16.6. The first kappa shape index (κ1) is 24.4. The van der Waals surface area contributed by atoms with Crippen LogP contribution >= 0.6 is 0 Å². The number of allylic oxidation sites excluding steroid dienone is 1. The predicted octanol–water partition coefficient (Wildman–Crippen LogP) is 4.90. The molecule has 1 aliphatic heterocycles. The van der Waals surface area contributed by atoms with E-state index in [0.29, 0.717) is 17.0 Å². The lowest BCUT2D eigenvalue weighted by Gasteiger charge is -2.32. The number of aromatic nitrogens is 2. The van der Waals surface area contributed by atoms with Crippen LogP contribution < -0.4 is 16.2 Å². The molecule has 1 aromatic heterocycles. The van der Waals surface area contributed by atoms with Gasteiger partial charge in [-0.05, 0) is 62.2 Å². The zero-order chi connectivity index (χ0) is 24.9. The van der Waals surface area contributed by atoms with Gasteiger partial charge in [0.2, 0.25) is 0 Å². The third kappa shape index (κ3) is 5.51. The van der Waals surface area contributed by atoms with E-state index in [-0.39, 0.29) is 23.2 Å². The van der Waals surface area contributed by atoms with Gasteiger partial charge in [0.05, 0.1) is 6.04 Å². The summed E-state index contributed by atoms with van der Waals surface area (Å²) in [4.78, 5) is 14.6. The Morgan fingerprint density at radius 1 is 1.20 bits per heavy atom. The van der Waals surface area contributed by atoms with E-state index in [1.807, 2.05) is 0 Å². The van der Waals surface area contributed by atoms with Crippen molar-refractivity contribution in [3.63, 3.8) is 0 Å². The number of nitrogens with zero attached hydrogens (tertiary/aromatic N) is 3. The number of hydrogen-bond donors (Lipinski definition) is 2. The molecule has 1 atom stereocenters. The number of hydrogen-bond acceptors (Lipinski definition) is 5. The standard InChI is InChI=1S/C26H29F2N5O2/c1-2-3-4-13-32-14-5-6-19(16-32)33-25(29)23(26(30)34)24(31-33)17-7-10-20(11-8-17)35-22-12-9-18(27)15-21(22)28/h3-4,7-12,15,19H,2,5-6,13-14,16,29H2,1H3,(H2,30,34)/b4-3+/t19-/m1/s1. The van der Waals surface area contributed by atoms with Crippen LogP contribution in [0.25, 0.3) is 11.3 Å². The molecule has 4 N–H and O–H groups in total. The van der Waals surface area contributed by atoms with E-state index in [1.165, 1.54) is 6.07 Å². The second-order valence-corrected chi connectivity index (χ2v) is 8.55. The summed E-state index contributed by atoms with van der Waals surface area (Å²) in [6, 6.07) is 9.72. The topological polar surface area (TPSA) is 99.4 Å². The molecule has 1 aliphatic rings. The number of carbonyl (C=O) groups is 1. The Labute approximate surface area is 203 Å². The molecule has 9 heteroatoms. The first-order valence-electron chi connectivity index (χ1n) is 11.7. The molecule has 1 fully saturated rings. The number of halogens is 2. The quantitative estimate of drug-likeness (QED) is 0.446. The minimum absolute atomic E-state index is 0.0229. The molecule has 3 aromatic rings. The number of ether oxygens (including phenoxy) is 1. The SMILES string of the molecule is CC/C=C/CN1CCC[C@@H](n2nc(-c3ccc(Oc4ccc(F)cc4F)cc3)c(C(N)=O)c2N)C1. The van der Waals surface area contributed by atoms with E-state index in [4.69, 9.17) is 21.3 Å². The van der Waals surface area contributed by atoms with Gasteiger partial charge in [0, 0.05) is 24.7 Å². The van der Waals surface area contributed by atoms with E-state index in [2.05, 4.69) is 24.0 Å². The number of carbonyl (C=O) groups excluding carboxylic acids is 1. The van der Waals surface area contributed by atoms with Gasteiger partial charge < -0.3 is 16.2 Å². The highest BCUT2D eigenvalue weighted by molar-refractivity contribution is 6.03. The minimum Gasteiger partial charge on any atom is -0.454 e. The van der Waals surface area contributed by atoms with Gasteiger partial charge in [-0.3, -0.25) is 9.69 Å². The average Bonchev–Trinajstić information content (AvgIpc) is 3.19. The molecule has 0 aliphatic carbocycles. The van der Waals surface area contributed by atoms with Crippen LogP contribution in [0, 0.1) is 11.6 Å². The molecule has 7 nitrogen and oxygen atoms in total. The Morgan fingerprint density at radius 2 is 1.97 bits per heavy atom. The maximum atomic E-state index is 13.9. The van der Waals surface area contributed by atoms with Crippen LogP contribution in [0.2, 0.25) is 0 Å². The van der Waals surface area contributed by atoms with Gasteiger partial charge in [0.1, 0.15) is 28.6 Å². The van der Waals surface area contributed by atoms with E-state index >= 15 is 0 Å². The van der Waals surface area contributed by atoms with E-state index < -0.39 is 17.5 Å². The van der Waals surface area contributed by atoms with Gasteiger partial charge in [-0.25, -0.2) is 13.5 Å². The number of primary amides is 1. The first-order chi connectivity index (χ1) is 16.9. The molecule has 35 heavy (non-hydrogen) atoms. The van der Waals surface area contributed by atoms with Crippen molar-refractivity contribution >= 4 is 11.7 Å². The second-order valence-electron chi connectivity index (χ2n) is 8.55. The third-order valence-corrected chi connectivity index (χ3v) is 6.04. The van der Waals surface area contributed by atoms with Crippen molar-refractivity contribution in [3.05, 3.63) is 71.8 Å². The van der Waals surface area contributed by atoms with Crippen LogP contribution in [0.4, 0.5) is 14.6 Å². The molecular formula is C26H29F2N5O2. The van der Waals surface area contributed by atoms with Crippen molar-refractivity contribution < 1.29 is 18.3 Å². The molecule has 0 spiro atoms. The number of likely N-dealkylation sites (tertiary alicyclic amines) is 1. The van der Waals surface area contributed by atoms with Crippen molar-refractivity contribution in [3.8, 4) is 22.8 Å². The van der Waals surface area contributed by atoms with Gasteiger partial charge in [-0.15, -0.1) is 0 Å². The van der Waals surface area contributed by atoms with Crippen LogP contribution in [0.1, 0.15) is 42.6 Å². The van der Waals surface area contributed by atoms with E-state index in [1.54, 1.807) is 28.9 Å². The van der Waals surface area contributed by atoms with Crippen LogP contribution in [0.15, 0.2) is 54.6 Å². The Hall–Kier alpha value is -3.72. The number of anilines is 1. The zero-order valence-corrected chi connectivity index (χ0v) is 19.6. The molecule has 0 radical (unpaired) electrons. The summed E-state index contributed by atoms with van der Waals surface area (Å²) >= 11 is 0. The molecular weight excluding hydrogens is 452 g/mol. The van der Waals surface area contributed by atoms with Gasteiger partial charge >= 0.3 is 0 Å². The van der Waals surface area contributed by atoms with Crippen molar-refractivity contribution in [2.45, 2.75) is 32.2 Å². The van der Waals surface area contributed by atoms with Gasteiger partial charge in [0.15, 0.2) is 11.6 Å². The molecule has 2 aromatic carbocycles. The first-order valence-corrected chi connectivity index (χ1v) is 11.7. The number of benzene rings is 2. The van der Waals surface area contributed by atoms with Crippen LogP contribution in [-0.2, 0) is 0 Å². The van der Waals surface area contributed by atoms with Crippen molar-refractivity contribution in [1.82, 2.24) is 14.7 Å². The molecule has 1 saturated heterocycles. The number of piperidine rings is 1. The van der Waals surface area contributed by atoms with Crippen molar-refractivity contribution in [1.29, 1.82) is 0 Å². The lowest BCUT2D eigenvalue weighted by atomic mass is 10.1. The number of amides is 1. The summed E-state index contributed by atoms with van der Waals surface area (Å²) in [6.45, 7) is 4.73. The summed E-state index contributed by atoms with van der Waals surface area (Å²) in [7, 11) is 0. The predicted molar refractivity (Wildman–Crippen MR) is 131 cm³/mol. The van der Waals surface area contributed by atoms with Gasteiger partial charge in [-0.2, -0.15) is 5.10 Å². The lowest BCUT2D eigenvalue weighted by molar-refractivity contribution is 0.100. The van der Waals surface area contributed by atoms with Crippen LogP contribution in [0.3, 0.4) is 0 Å². The van der Waals surface area contributed by atoms with Crippen molar-refractivity contribution in [2.75, 3.05) is 25.4 Å². The third-order valence-electron chi connectivity index (χ3n) is 6.04. The Morgan fingerprint density at radius 3 is 2.66 bits per heavy atom. The molecule has 184 valence electrons. The Bertz CT molecular complexity index is 1220. The van der Waals surface area contributed by atoms with Gasteiger partial charge in [-0.1, -0.05) is 19.1 Å². The molecule has 2 heterocycles. The highest BCUT2D eigenvalue weighted by Gasteiger charge is 2.28. The van der Waals surface area contributed by atoms with Crippen molar-refractivity contribution in [2.24, 2.45) is 5.73 Å². The molecule has 0 saturated carbocycles. The summed E-state index contributed by atoms with van der Waals surface area (Å²) in [5, 5.41) is 4.70. The largest absolute Gasteiger partial charge is 0.454 e. The molecule has 0 bridgehead atoms. The average molecular weight is 482 g/mol. The zero-order valence-electron chi connectivity index (χ0n) is 19.6. The maximum absolute atomic E-state index is 13.9. The number of nitrogens with two attached hydrogens (primary N) is 2. The Kier molecular flexibility index (Phi) is 7.45. The molecule has 4 rings (SSSR count).